The van der Waals surface area contributed by atoms with Crippen molar-refractivity contribution < 1.29 is 27.5 Å². The summed E-state index contributed by atoms with van der Waals surface area (Å²) >= 11 is 0. The SMILES string of the molecule is C[C@@H](C(=O)Nc1cn2c(n1)CC[C@@H]2c1cc(F)cc(F)c1)N1CCC(F)(F)C(c2c[nH]c(=O)c(CO)c2)C1. The fourth-order valence-electron chi connectivity index (χ4n) is 5.34. The van der Waals surface area contributed by atoms with E-state index in [1.165, 1.54) is 24.4 Å². The average molecular weight is 534 g/mol. The van der Waals surface area contributed by atoms with Gasteiger partial charge in [0, 0.05) is 50.0 Å². The van der Waals surface area contributed by atoms with E-state index in [2.05, 4.69) is 15.3 Å². The Labute approximate surface area is 215 Å². The van der Waals surface area contributed by atoms with Gasteiger partial charge in [-0.3, -0.25) is 14.5 Å². The maximum absolute atomic E-state index is 14.9. The summed E-state index contributed by atoms with van der Waals surface area (Å²) < 4.78 is 59.0. The highest BCUT2D eigenvalue weighted by molar-refractivity contribution is 5.93. The van der Waals surface area contributed by atoms with Gasteiger partial charge >= 0.3 is 0 Å². The van der Waals surface area contributed by atoms with Gasteiger partial charge in [-0.25, -0.2) is 22.5 Å². The molecule has 5 rings (SSSR count). The Morgan fingerprint density at radius 2 is 1.97 bits per heavy atom. The van der Waals surface area contributed by atoms with Crippen LogP contribution in [0.1, 0.15) is 54.2 Å². The number of rotatable bonds is 6. The lowest BCUT2D eigenvalue weighted by Gasteiger charge is -2.40. The van der Waals surface area contributed by atoms with Crippen LogP contribution in [0.5, 0.6) is 0 Å². The highest BCUT2D eigenvalue weighted by Crippen LogP contribution is 2.41. The molecule has 3 atom stereocenters. The van der Waals surface area contributed by atoms with Crippen LogP contribution in [-0.2, 0) is 17.8 Å². The van der Waals surface area contributed by atoms with Crippen LogP contribution in [0.2, 0.25) is 0 Å². The zero-order valence-electron chi connectivity index (χ0n) is 20.6. The number of aromatic amines is 1. The number of likely N-dealkylation sites (tertiary alicyclic amines) is 1. The van der Waals surface area contributed by atoms with Crippen molar-refractivity contribution in [3.63, 3.8) is 0 Å². The van der Waals surface area contributed by atoms with Crippen LogP contribution >= 0.6 is 0 Å². The molecule has 0 bridgehead atoms. The summed E-state index contributed by atoms with van der Waals surface area (Å²) in [6.45, 7) is 0.893. The topological polar surface area (TPSA) is 103 Å². The number of carbonyl (C=O) groups excluding carboxylic acids is 1. The molecule has 8 nitrogen and oxygen atoms in total. The number of anilines is 1. The summed E-state index contributed by atoms with van der Waals surface area (Å²) in [5, 5.41) is 12.1. The van der Waals surface area contributed by atoms with Crippen molar-refractivity contribution in [1.82, 2.24) is 19.4 Å². The summed E-state index contributed by atoms with van der Waals surface area (Å²) in [5.74, 6) is -5.18. The van der Waals surface area contributed by atoms with Crippen LogP contribution in [0.15, 0.2) is 41.5 Å². The lowest BCUT2D eigenvalue weighted by atomic mass is 9.86. The molecule has 38 heavy (non-hydrogen) atoms. The lowest BCUT2D eigenvalue weighted by molar-refractivity contribution is -0.125. The third-order valence-corrected chi connectivity index (χ3v) is 7.47. The van der Waals surface area contributed by atoms with E-state index in [1.807, 2.05) is 0 Å². The Morgan fingerprint density at radius 3 is 2.68 bits per heavy atom. The second-order valence-corrected chi connectivity index (χ2v) is 9.88. The van der Waals surface area contributed by atoms with Gasteiger partial charge in [0.1, 0.15) is 17.5 Å². The van der Waals surface area contributed by atoms with Gasteiger partial charge in [0.2, 0.25) is 5.91 Å². The van der Waals surface area contributed by atoms with Crippen molar-refractivity contribution in [3.8, 4) is 0 Å². The number of amides is 1. The van der Waals surface area contributed by atoms with Crippen molar-refractivity contribution in [2.24, 2.45) is 0 Å². The second-order valence-electron chi connectivity index (χ2n) is 9.88. The number of pyridine rings is 1. The summed E-state index contributed by atoms with van der Waals surface area (Å²) in [6.07, 6.45) is 3.54. The number of fused-ring (bicyclic) bond motifs is 1. The number of halogens is 4. The van der Waals surface area contributed by atoms with Crippen molar-refractivity contribution in [2.45, 2.75) is 56.7 Å². The van der Waals surface area contributed by atoms with E-state index in [9.17, 15) is 32.3 Å². The first kappa shape index (κ1) is 26.1. The minimum atomic E-state index is -3.06. The van der Waals surface area contributed by atoms with Crippen LogP contribution in [0.4, 0.5) is 23.4 Å². The van der Waals surface area contributed by atoms with Gasteiger partial charge in [0.15, 0.2) is 5.82 Å². The fourth-order valence-corrected chi connectivity index (χ4v) is 5.34. The van der Waals surface area contributed by atoms with Crippen molar-refractivity contribution in [2.75, 3.05) is 18.4 Å². The molecule has 0 saturated carbocycles. The standard InChI is InChI=1S/C26H27F4N5O3/c1-14(34-5-4-26(29,30)20(11-34)16-6-17(13-36)25(38)31-10-16)24(37)33-22-12-35-21(2-3-23(35)32-22)15-7-18(27)9-19(28)8-15/h6-10,12,14,20-21,36H,2-5,11,13H2,1H3,(H,31,38)(H,33,37)/t14-,20?,21+/m0/s1. The van der Waals surface area contributed by atoms with E-state index in [1.54, 1.807) is 22.6 Å². The minimum Gasteiger partial charge on any atom is -0.391 e. The van der Waals surface area contributed by atoms with E-state index in [0.29, 0.717) is 24.2 Å². The minimum absolute atomic E-state index is 0.00618. The number of H-pyrrole nitrogens is 1. The number of imidazole rings is 1. The molecule has 3 N–H and O–H groups in total. The molecule has 1 aromatic carbocycles. The lowest BCUT2D eigenvalue weighted by Crippen LogP contribution is -2.52. The molecule has 0 aliphatic carbocycles. The van der Waals surface area contributed by atoms with Gasteiger partial charge in [0.05, 0.1) is 24.6 Å². The van der Waals surface area contributed by atoms with Crippen molar-refractivity contribution in [1.29, 1.82) is 0 Å². The van der Waals surface area contributed by atoms with Gasteiger partial charge in [-0.15, -0.1) is 0 Å². The van der Waals surface area contributed by atoms with Gasteiger partial charge < -0.3 is 20.0 Å². The molecule has 4 heterocycles. The number of carbonyl (C=O) groups is 1. The molecule has 1 unspecified atom stereocenters. The Morgan fingerprint density at radius 1 is 1.24 bits per heavy atom. The number of benzene rings is 1. The molecule has 12 heteroatoms. The van der Waals surface area contributed by atoms with E-state index >= 15 is 0 Å². The number of hydrogen-bond donors (Lipinski definition) is 3. The summed E-state index contributed by atoms with van der Waals surface area (Å²) in [4.78, 5) is 33.3. The average Bonchev–Trinajstić information content (AvgIpc) is 3.43. The third kappa shape index (κ3) is 4.97. The summed E-state index contributed by atoms with van der Waals surface area (Å²) in [7, 11) is 0. The first-order valence-corrected chi connectivity index (χ1v) is 12.3. The second kappa shape index (κ2) is 9.99. The molecule has 3 aromatic rings. The summed E-state index contributed by atoms with van der Waals surface area (Å²) in [5.41, 5.74) is 0.100. The highest BCUT2D eigenvalue weighted by Gasteiger charge is 2.46. The maximum Gasteiger partial charge on any atom is 0.257 e. The molecule has 0 radical (unpaired) electrons. The molecular weight excluding hydrogens is 506 g/mol. The normalized spacial score (nSPS) is 21.7. The van der Waals surface area contributed by atoms with Crippen LogP contribution in [0.3, 0.4) is 0 Å². The largest absolute Gasteiger partial charge is 0.391 e. The van der Waals surface area contributed by atoms with Gasteiger partial charge in [-0.1, -0.05) is 0 Å². The van der Waals surface area contributed by atoms with Crippen LogP contribution < -0.4 is 10.9 Å². The molecular formula is C26H27F4N5O3. The predicted molar refractivity (Wildman–Crippen MR) is 130 cm³/mol. The monoisotopic (exact) mass is 533 g/mol. The Balaban J connectivity index is 1.30. The van der Waals surface area contributed by atoms with Crippen LogP contribution in [0.25, 0.3) is 0 Å². The first-order valence-electron chi connectivity index (χ1n) is 12.3. The number of aliphatic hydroxyl groups excluding tert-OH is 1. The van der Waals surface area contributed by atoms with Crippen molar-refractivity contribution in [3.05, 3.63) is 81.2 Å². The number of aryl methyl sites for hydroxylation is 1. The number of hydrogen-bond acceptors (Lipinski definition) is 5. The smallest absolute Gasteiger partial charge is 0.257 e. The number of nitrogens with zero attached hydrogens (tertiary/aromatic N) is 3. The van der Waals surface area contributed by atoms with Gasteiger partial charge in [-0.05, 0) is 42.7 Å². The van der Waals surface area contributed by atoms with E-state index in [-0.39, 0.29) is 36.1 Å². The first-order chi connectivity index (χ1) is 18.1. The highest BCUT2D eigenvalue weighted by atomic mass is 19.3. The van der Waals surface area contributed by atoms with Crippen LogP contribution in [-0.4, -0.2) is 55.5 Å². The molecule has 2 aromatic heterocycles. The number of alkyl halides is 2. The molecule has 2 aliphatic heterocycles. The number of nitrogens with one attached hydrogen (secondary N) is 2. The Kier molecular flexibility index (Phi) is 6.86. The van der Waals surface area contributed by atoms with E-state index < -0.39 is 54.0 Å². The zero-order valence-corrected chi connectivity index (χ0v) is 20.6. The van der Waals surface area contributed by atoms with Gasteiger partial charge in [0.25, 0.3) is 11.5 Å². The van der Waals surface area contributed by atoms with Crippen molar-refractivity contribution >= 4 is 11.7 Å². The number of aliphatic hydroxyl groups is 1. The van der Waals surface area contributed by atoms with E-state index in [4.69, 9.17) is 0 Å². The van der Waals surface area contributed by atoms with Crippen LogP contribution in [0, 0.1) is 11.6 Å². The number of piperidine rings is 1. The molecule has 2 aliphatic rings. The quantitative estimate of drug-likeness (QED) is 0.422. The summed E-state index contributed by atoms with van der Waals surface area (Å²) in [6, 6.07) is 3.55. The molecule has 0 spiro atoms. The third-order valence-electron chi connectivity index (χ3n) is 7.47. The fraction of sp³-hybridized carbons (Fsp3) is 0.423. The Hall–Kier alpha value is -3.51. The molecule has 1 saturated heterocycles. The van der Waals surface area contributed by atoms with Gasteiger partial charge in [-0.2, -0.15) is 0 Å². The molecule has 1 amide bonds. The molecule has 202 valence electrons. The molecule has 1 fully saturated rings. The number of aromatic nitrogens is 3. The zero-order chi connectivity index (χ0) is 27.2. The predicted octanol–water partition coefficient (Wildman–Crippen LogP) is 3.33. The van der Waals surface area contributed by atoms with E-state index in [0.717, 1.165) is 6.07 Å². The Bertz CT molecular complexity index is 1400. The maximum atomic E-state index is 14.9.